The molecule has 0 amide bonds. The minimum atomic E-state index is -1.23. The third-order valence-electron chi connectivity index (χ3n) is 3.11. The highest BCUT2D eigenvalue weighted by Crippen LogP contribution is 2.30. The molecule has 0 fully saturated rings. The molecule has 0 aliphatic heterocycles. The number of hydrogen-bond donors (Lipinski definition) is 1. The number of fused-ring (bicyclic) bond motifs is 1. The number of furan rings is 1. The van der Waals surface area contributed by atoms with Crippen LogP contribution in [0.15, 0.2) is 40.8 Å². The highest BCUT2D eigenvalue weighted by molar-refractivity contribution is 6.30. The molecule has 3 rings (SSSR count). The van der Waals surface area contributed by atoms with E-state index in [-0.39, 0.29) is 17.5 Å². The summed E-state index contributed by atoms with van der Waals surface area (Å²) in [4.78, 5) is 0. The first-order chi connectivity index (χ1) is 10.1. The van der Waals surface area contributed by atoms with Gasteiger partial charge in [-0.2, -0.15) is 0 Å². The lowest BCUT2D eigenvalue weighted by molar-refractivity contribution is 0.496. The molecule has 1 aromatic heterocycles. The van der Waals surface area contributed by atoms with Gasteiger partial charge in [0.15, 0.2) is 16.9 Å². The highest BCUT2D eigenvalue weighted by atomic mass is 35.5. The molecule has 0 unspecified atom stereocenters. The van der Waals surface area contributed by atoms with Crippen LogP contribution in [0, 0.1) is 17.5 Å². The summed E-state index contributed by atoms with van der Waals surface area (Å²) in [6.07, 6.45) is 0. The van der Waals surface area contributed by atoms with Gasteiger partial charge in [0.1, 0.15) is 11.4 Å². The maximum Gasteiger partial charge on any atom is 0.199 e. The first-order valence-electron chi connectivity index (χ1n) is 6.10. The molecule has 0 aliphatic rings. The van der Waals surface area contributed by atoms with Gasteiger partial charge in [-0.15, -0.1) is 0 Å². The minimum Gasteiger partial charge on any atom is -0.444 e. The van der Waals surface area contributed by atoms with Crippen molar-refractivity contribution in [3.63, 3.8) is 0 Å². The Hall–Kier alpha value is -2.14. The summed E-state index contributed by atoms with van der Waals surface area (Å²) in [5, 5.41) is 3.64. The Morgan fingerprint density at radius 2 is 1.71 bits per heavy atom. The van der Waals surface area contributed by atoms with Gasteiger partial charge in [0.25, 0.3) is 0 Å². The lowest BCUT2D eigenvalue weighted by Gasteiger charge is -2.07. The summed E-state index contributed by atoms with van der Waals surface area (Å²) >= 11 is 6.00. The fourth-order valence-corrected chi connectivity index (χ4v) is 2.33. The van der Waals surface area contributed by atoms with Crippen molar-refractivity contribution >= 4 is 28.3 Å². The van der Waals surface area contributed by atoms with Crippen LogP contribution < -0.4 is 5.32 Å². The number of rotatable bonds is 3. The van der Waals surface area contributed by atoms with Gasteiger partial charge in [-0.3, -0.25) is 0 Å². The number of para-hydroxylation sites is 1. The maximum absolute atomic E-state index is 13.5. The quantitative estimate of drug-likeness (QED) is 0.679. The molecule has 3 aromatic rings. The van der Waals surface area contributed by atoms with E-state index in [1.807, 2.05) is 12.1 Å². The summed E-state index contributed by atoms with van der Waals surface area (Å²) in [7, 11) is 0. The van der Waals surface area contributed by atoms with E-state index >= 15 is 0 Å². The second-order valence-corrected chi connectivity index (χ2v) is 4.79. The molecule has 0 saturated heterocycles. The van der Waals surface area contributed by atoms with Gasteiger partial charge in [-0.25, -0.2) is 13.2 Å². The molecule has 0 aliphatic carbocycles. The van der Waals surface area contributed by atoms with Crippen LogP contribution >= 0.6 is 11.6 Å². The van der Waals surface area contributed by atoms with E-state index in [0.29, 0.717) is 17.2 Å². The first kappa shape index (κ1) is 13.8. The van der Waals surface area contributed by atoms with E-state index in [0.717, 1.165) is 11.5 Å². The van der Waals surface area contributed by atoms with E-state index in [2.05, 4.69) is 5.32 Å². The Morgan fingerprint density at radius 3 is 2.52 bits per heavy atom. The van der Waals surface area contributed by atoms with E-state index in [1.165, 1.54) is 0 Å². The molecule has 0 atom stereocenters. The number of anilines is 1. The summed E-state index contributed by atoms with van der Waals surface area (Å²) in [5.74, 6) is -3.23. The fourth-order valence-electron chi connectivity index (χ4n) is 2.08. The molecule has 2 nitrogen and oxygen atoms in total. The number of hydrogen-bond acceptors (Lipinski definition) is 2. The van der Waals surface area contributed by atoms with Gasteiger partial charge < -0.3 is 9.73 Å². The SMILES string of the molecule is Fc1cc(F)c(NCc2c(Cl)oc3ccccc23)cc1F. The van der Waals surface area contributed by atoms with Gasteiger partial charge in [0, 0.05) is 29.6 Å². The largest absolute Gasteiger partial charge is 0.444 e. The zero-order valence-electron chi connectivity index (χ0n) is 10.6. The molecule has 0 spiro atoms. The van der Waals surface area contributed by atoms with Crippen LogP contribution in [-0.2, 0) is 6.54 Å². The Labute approximate surface area is 123 Å². The first-order valence-corrected chi connectivity index (χ1v) is 6.48. The van der Waals surface area contributed by atoms with E-state index in [4.69, 9.17) is 16.0 Å². The lowest BCUT2D eigenvalue weighted by atomic mass is 10.1. The van der Waals surface area contributed by atoms with Crippen LogP contribution in [-0.4, -0.2) is 0 Å². The Kier molecular flexibility index (Phi) is 3.51. The standard InChI is InChI=1S/C15H9ClF3NO/c16-15-9(8-3-1-2-4-14(8)21-15)7-20-13-6-11(18)10(17)5-12(13)19/h1-6,20H,7H2. The van der Waals surface area contributed by atoms with Crippen molar-refractivity contribution in [3.8, 4) is 0 Å². The highest BCUT2D eigenvalue weighted by Gasteiger charge is 2.14. The van der Waals surface area contributed by atoms with Crippen LogP contribution in [0.4, 0.5) is 18.9 Å². The van der Waals surface area contributed by atoms with Crippen LogP contribution in [0.25, 0.3) is 11.0 Å². The lowest BCUT2D eigenvalue weighted by Crippen LogP contribution is -2.03. The average Bonchev–Trinajstić information content (AvgIpc) is 2.77. The van der Waals surface area contributed by atoms with Crippen molar-refractivity contribution in [2.75, 3.05) is 5.32 Å². The monoisotopic (exact) mass is 311 g/mol. The van der Waals surface area contributed by atoms with Crippen LogP contribution in [0.2, 0.25) is 5.22 Å². The molecular weight excluding hydrogens is 303 g/mol. The molecule has 21 heavy (non-hydrogen) atoms. The Morgan fingerprint density at radius 1 is 1.00 bits per heavy atom. The minimum absolute atomic E-state index is 0.123. The second kappa shape index (κ2) is 5.33. The van der Waals surface area contributed by atoms with Gasteiger partial charge in [0.2, 0.25) is 0 Å². The number of benzene rings is 2. The number of halogens is 4. The van der Waals surface area contributed by atoms with Gasteiger partial charge in [-0.1, -0.05) is 18.2 Å². The van der Waals surface area contributed by atoms with Crippen molar-refractivity contribution in [2.45, 2.75) is 6.54 Å². The molecule has 6 heteroatoms. The maximum atomic E-state index is 13.5. The molecule has 108 valence electrons. The van der Waals surface area contributed by atoms with E-state index in [9.17, 15) is 13.2 Å². The van der Waals surface area contributed by atoms with Crippen LogP contribution in [0.1, 0.15) is 5.56 Å². The summed E-state index contributed by atoms with van der Waals surface area (Å²) in [5.41, 5.74) is 1.08. The zero-order valence-corrected chi connectivity index (χ0v) is 11.3. The molecule has 0 saturated carbocycles. The summed E-state index contributed by atoms with van der Waals surface area (Å²) < 4.78 is 44.9. The van der Waals surface area contributed by atoms with Crippen LogP contribution in [0.3, 0.4) is 0 Å². The smallest absolute Gasteiger partial charge is 0.199 e. The predicted molar refractivity (Wildman–Crippen MR) is 74.9 cm³/mol. The van der Waals surface area contributed by atoms with Crippen molar-refractivity contribution in [3.05, 3.63) is 64.6 Å². The van der Waals surface area contributed by atoms with Crippen LogP contribution in [0.5, 0.6) is 0 Å². The van der Waals surface area contributed by atoms with Crippen molar-refractivity contribution in [1.29, 1.82) is 0 Å². The Balaban J connectivity index is 1.90. The molecule has 0 bridgehead atoms. The summed E-state index contributed by atoms with van der Waals surface area (Å²) in [6, 6.07) is 8.43. The molecule has 1 N–H and O–H groups in total. The van der Waals surface area contributed by atoms with Crippen molar-refractivity contribution in [1.82, 2.24) is 0 Å². The molecular formula is C15H9ClF3NO. The van der Waals surface area contributed by atoms with Gasteiger partial charge in [0.05, 0.1) is 5.69 Å². The van der Waals surface area contributed by atoms with Crippen molar-refractivity contribution in [2.24, 2.45) is 0 Å². The second-order valence-electron chi connectivity index (χ2n) is 4.45. The third-order valence-corrected chi connectivity index (χ3v) is 3.42. The third kappa shape index (κ3) is 2.56. The number of nitrogens with one attached hydrogen (secondary N) is 1. The van der Waals surface area contributed by atoms with Gasteiger partial charge in [-0.05, 0) is 17.7 Å². The van der Waals surface area contributed by atoms with Gasteiger partial charge >= 0.3 is 0 Å². The zero-order chi connectivity index (χ0) is 15.0. The normalized spacial score (nSPS) is 11.0. The Bertz CT molecular complexity index is 816. The fraction of sp³-hybridized carbons (Fsp3) is 0.0667. The predicted octanol–water partition coefficient (Wildman–Crippen LogP) is 5.12. The topological polar surface area (TPSA) is 25.2 Å². The molecule has 1 heterocycles. The van der Waals surface area contributed by atoms with E-state index in [1.54, 1.807) is 12.1 Å². The summed E-state index contributed by atoms with van der Waals surface area (Å²) in [6.45, 7) is 0.123. The molecule has 2 aromatic carbocycles. The molecule has 0 radical (unpaired) electrons. The van der Waals surface area contributed by atoms with Crippen molar-refractivity contribution < 1.29 is 17.6 Å². The van der Waals surface area contributed by atoms with E-state index < -0.39 is 17.5 Å². The average molecular weight is 312 g/mol.